The molecule has 0 aliphatic rings. The molecule has 0 amide bonds. The Labute approximate surface area is 172 Å². The maximum absolute atomic E-state index is 6.09. The number of allylic oxidation sites excluding steroid dienone is 1. The Bertz CT molecular complexity index is 915. The van der Waals surface area contributed by atoms with Crippen LogP contribution in [-0.2, 0) is 19.6 Å². The van der Waals surface area contributed by atoms with Crippen molar-refractivity contribution in [1.29, 1.82) is 0 Å². The average Bonchev–Trinajstić information content (AvgIpc) is 2.78. The van der Waals surface area contributed by atoms with Crippen LogP contribution in [0.25, 0.3) is 0 Å². The standard InChI is InChI=1S/C25H26O4/c1-4-5-19-10-15-24(28-17-20-6-11-22(26-2)12-7-20)25(16-19)29-18-21-8-13-23(27-3)14-9-21/h4,6-16H,1,5,17-18H2,2-3H3. The molecule has 0 bridgehead atoms. The monoisotopic (exact) mass is 390 g/mol. The van der Waals surface area contributed by atoms with Crippen LogP contribution < -0.4 is 18.9 Å². The molecule has 3 aromatic carbocycles. The SMILES string of the molecule is C=CCc1ccc(OCc2ccc(OC)cc2)c(OCc2ccc(OC)cc2)c1. The zero-order valence-electron chi connectivity index (χ0n) is 16.9. The molecule has 0 unspecified atom stereocenters. The van der Waals surface area contributed by atoms with E-state index in [4.69, 9.17) is 18.9 Å². The molecule has 3 rings (SSSR count). The summed E-state index contributed by atoms with van der Waals surface area (Å²) >= 11 is 0. The van der Waals surface area contributed by atoms with Gasteiger partial charge in [-0.15, -0.1) is 6.58 Å². The molecule has 0 saturated heterocycles. The Balaban J connectivity index is 1.71. The molecule has 4 nitrogen and oxygen atoms in total. The number of hydrogen-bond donors (Lipinski definition) is 0. The van der Waals surface area contributed by atoms with Gasteiger partial charge in [0.25, 0.3) is 0 Å². The van der Waals surface area contributed by atoms with Gasteiger partial charge in [0.2, 0.25) is 0 Å². The molecule has 0 heterocycles. The molecule has 150 valence electrons. The van der Waals surface area contributed by atoms with E-state index < -0.39 is 0 Å². The van der Waals surface area contributed by atoms with E-state index in [2.05, 4.69) is 6.58 Å². The lowest BCUT2D eigenvalue weighted by Crippen LogP contribution is -2.01. The van der Waals surface area contributed by atoms with Gasteiger partial charge in [0, 0.05) is 0 Å². The average molecular weight is 390 g/mol. The summed E-state index contributed by atoms with van der Waals surface area (Å²) in [5.74, 6) is 3.08. The van der Waals surface area contributed by atoms with E-state index in [1.54, 1.807) is 14.2 Å². The first kappa shape index (κ1) is 20.3. The molecule has 0 saturated carbocycles. The molecule has 0 spiro atoms. The van der Waals surface area contributed by atoms with Crippen molar-refractivity contribution < 1.29 is 18.9 Å². The lowest BCUT2D eigenvalue weighted by atomic mass is 10.1. The van der Waals surface area contributed by atoms with Gasteiger partial charge in [-0.3, -0.25) is 0 Å². The van der Waals surface area contributed by atoms with Crippen LogP contribution in [0.1, 0.15) is 16.7 Å². The first-order valence-electron chi connectivity index (χ1n) is 9.47. The highest BCUT2D eigenvalue weighted by atomic mass is 16.5. The molecule has 0 aliphatic carbocycles. The summed E-state index contributed by atoms with van der Waals surface area (Å²) in [5.41, 5.74) is 3.24. The smallest absolute Gasteiger partial charge is 0.161 e. The summed E-state index contributed by atoms with van der Waals surface area (Å²) in [5, 5.41) is 0. The summed E-state index contributed by atoms with van der Waals surface area (Å²) in [6.45, 7) is 4.71. The number of rotatable bonds is 10. The second-order valence-corrected chi connectivity index (χ2v) is 6.55. The van der Waals surface area contributed by atoms with Crippen molar-refractivity contribution in [3.63, 3.8) is 0 Å². The van der Waals surface area contributed by atoms with E-state index in [0.717, 1.165) is 34.6 Å². The Morgan fingerprint density at radius 2 is 1.14 bits per heavy atom. The maximum Gasteiger partial charge on any atom is 0.161 e. The van der Waals surface area contributed by atoms with Gasteiger partial charge in [0.1, 0.15) is 24.7 Å². The fraction of sp³-hybridized carbons (Fsp3) is 0.200. The normalized spacial score (nSPS) is 10.3. The first-order valence-corrected chi connectivity index (χ1v) is 9.47. The van der Waals surface area contributed by atoms with Gasteiger partial charge >= 0.3 is 0 Å². The predicted octanol–water partition coefficient (Wildman–Crippen LogP) is 5.59. The third-order valence-electron chi connectivity index (χ3n) is 4.49. The third kappa shape index (κ3) is 5.79. The Morgan fingerprint density at radius 3 is 1.62 bits per heavy atom. The predicted molar refractivity (Wildman–Crippen MR) is 115 cm³/mol. The van der Waals surface area contributed by atoms with Crippen LogP contribution in [0.4, 0.5) is 0 Å². The lowest BCUT2D eigenvalue weighted by Gasteiger charge is -2.15. The highest BCUT2D eigenvalue weighted by Gasteiger charge is 2.08. The zero-order valence-corrected chi connectivity index (χ0v) is 16.9. The van der Waals surface area contributed by atoms with Crippen molar-refractivity contribution >= 4 is 0 Å². The van der Waals surface area contributed by atoms with Crippen molar-refractivity contribution in [1.82, 2.24) is 0 Å². The van der Waals surface area contributed by atoms with Crippen molar-refractivity contribution in [3.05, 3.63) is 96.1 Å². The van der Waals surface area contributed by atoms with Gasteiger partial charge in [-0.05, 0) is 59.5 Å². The number of benzene rings is 3. The highest BCUT2D eigenvalue weighted by Crippen LogP contribution is 2.30. The van der Waals surface area contributed by atoms with Gasteiger partial charge in [-0.25, -0.2) is 0 Å². The number of methoxy groups -OCH3 is 2. The van der Waals surface area contributed by atoms with Gasteiger partial charge in [-0.2, -0.15) is 0 Å². The molecule has 0 N–H and O–H groups in total. The quantitative estimate of drug-likeness (QED) is 0.423. The van der Waals surface area contributed by atoms with Crippen molar-refractivity contribution in [2.75, 3.05) is 14.2 Å². The molecular weight excluding hydrogens is 364 g/mol. The molecule has 0 atom stereocenters. The van der Waals surface area contributed by atoms with Crippen molar-refractivity contribution in [2.45, 2.75) is 19.6 Å². The fourth-order valence-corrected chi connectivity index (χ4v) is 2.84. The molecule has 0 aliphatic heterocycles. The molecule has 0 fully saturated rings. The number of hydrogen-bond acceptors (Lipinski definition) is 4. The Morgan fingerprint density at radius 1 is 0.655 bits per heavy atom. The summed E-state index contributed by atoms with van der Waals surface area (Å²) in [6, 6.07) is 21.6. The minimum atomic E-state index is 0.445. The second-order valence-electron chi connectivity index (χ2n) is 6.55. The second kappa shape index (κ2) is 10.2. The molecule has 0 radical (unpaired) electrons. The van der Waals surface area contributed by atoms with Crippen LogP contribution in [0.5, 0.6) is 23.0 Å². The zero-order chi connectivity index (χ0) is 20.5. The molecular formula is C25H26O4. The van der Waals surface area contributed by atoms with E-state index >= 15 is 0 Å². The first-order chi connectivity index (χ1) is 14.2. The van der Waals surface area contributed by atoms with Crippen LogP contribution in [0.15, 0.2) is 79.4 Å². The molecule has 0 aromatic heterocycles. The van der Waals surface area contributed by atoms with Gasteiger partial charge in [0.05, 0.1) is 14.2 Å². The summed E-state index contributed by atoms with van der Waals surface area (Å²) in [6.07, 6.45) is 2.65. The van der Waals surface area contributed by atoms with E-state index in [1.165, 1.54) is 0 Å². The topological polar surface area (TPSA) is 36.9 Å². The molecule has 3 aromatic rings. The minimum absolute atomic E-state index is 0.445. The van der Waals surface area contributed by atoms with E-state index in [0.29, 0.717) is 24.7 Å². The maximum atomic E-state index is 6.09. The summed E-state index contributed by atoms with van der Waals surface area (Å²) in [7, 11) is 3.31. The van der Waals surface area contributed by atoms with Crippen LogP contribution in [-0.4, -0.2) is 14.2 Å². The lowest BCUT2D eigenvalue weighted by molar-refractivity contribution is 0.255. The molecule has 29 heavy (non-hydrogen) atoms. The summed E-state index contributed by atoms with van der Waals surface area (Å²) < 4.78 is 22.5. The number of ether oxygens (including phenoxy) is 4. The fourth-order valence-electron chi connectivity index (χ4n) is 2.84. The van der Waals surface area contributed by atoms with Crippen molar-refractivity contribution in [3.8, 4) is 23.0 Å². The van der Waals surface area contributed by atoms with Crippen molar-refractivity contribution in [2.24, 2.45) is 0 Å². The highest BCUT2D eigenvalue weighted by molar-refractivity contribution is 5.44. The van der Waals surface area contributed by atoms with Gasteiger partial charge in [0.15, 0.2) is 11.5 Å². The van der Waals surface area contributed by atoms with Crippen LogP contribution in [0.2, 0.25) is 0 Å². The minimum Gasteiger partial charge on any atom is -0.497 e. The summed E-state index contributed by atoms with van der Waals surface area (Å²) in [4.78, 5) is 0. The largest absolute Gasteiger partial charge is 0.497 e. The van der Waals surface area contributed by atoms with Gasteiger partial charge < -0.3 is 18.9 Å². The van der Waals surface area contributed by atoms with E-state index in [-0.39, 0.29) is 0 Å². The molecule has 4 heteroatoms. The van der Waals surface area contributed by atoms with E-state index in [1.807, 2.05) is 72.8 Å². The third-order valence-corrected chi connectivity index (χ3v) is 4.49. The Hall–Kier alpha value is -3.40. The Kier molecular flexibility index (Phi) is 7.17. The van der Waals surface area contributed by atoms with E-state index in [9.17, 15) is 0 Å². The van der Waals surface area contributed by atoms with Crippen LogP contribution in [0.3, 0.4) is 0 Å². The van der Waals surface area contributed by atoms with Gasteiger partial charge in [-0.1, -0.05) is 36.4 Å². The van der Waals surface area contributed by atoms with Crippen LogP contribution >= 0.6 is 0 Å². The van der Waals surface area contributed by atoms with Crippen LogP contribution in [0, 0.1) is 0 Å².